The fraction of sp³-hybridized carbons (Fsp3) is 0.452. The minimum absolute atomic E-state index is 0.0289. The van der Waals surface area contributed by atoms with E-state index in [-0.39, 0.29) is 37.1 Å². The van der Waals surface area contributed by atoms with Crippen molar-refractivity contribution < 1.29 is 23.9 Å². The molecule has 0 aromatic carbocycles. The molecule has 5 heterocycles. The van der Waals surface area contributed by atoms with Crippen molar-refractivity contribution in [2.45, 2.75) is 97.8 Å². The Morgan fingerprint density at radius 3 is 2.17 bits per heavy atom. The van der Waals surface area contributed by atoms with Gasteiger partial charge in [-0.1, -0.05) is 25.8 Å². The molecule has 5 rings (SSSR count). The van der Waals surface area contributed by atoms with Crippen molar-refractivity contribution >= 4 is 56.6 Å². The van der Waals surface area contributed by atoms with Crippen LogP contribution in [0.3, 0.4) is 0 Å². The van der Waals surface area contributed by atoms with Crippen LogP contribution < -0.4 is 0 Å². The number of H-pyrrole nitrogens is 2. The highest BCUT2D eigenvalue weighted by molar-refractivity contribution is 5.94. The van der Waals surface area contributed by atoms with E-state index in [9.17, 15) is 14.4 Å². The SMILES string of the molecule is CCCCC/C=C1\c2cc3[nH]c(cc4nc(cc5[nH]c(cc(n2)[C@]1(C)CC(=O)N(C)C)cc5C)C(C)=C4CCC(=O)OC)c(CCC(=O)OC)c3C. The van der Waals surface area contributed by atoms with Gasteiger partial charge in [-0.05, 0) is 117 Å². The maximum Gasteiger partial charge on any atom is 0.305 e. The summed E-state index contributed by atoms with van der Waals surface area (Å²) in [7, 11) is 6.39. The number of carbonyl (C=O) groups is 3. The van der Waals surface area contributed by atoms with Crippen LogP contribution in [0, 0.1) is 13.8 Å². The van der Waals surface area contributed by atoms with E-state index < -0.39 is 5.41 Å². The number of carbonyl (C=O) groups excluding carboxylic acids is 3. The third-order valence-corrected chi connectivity index (χ3v) is 10.5. The number of ether oxygens (including phenoxy) is 2. The Hall–Kier alpha value is -4.99. The van der Waals surface area contributed by atoms with Gasteiger partial charge in [-0.15, -0.1) is 0 Å². The summed E-state index contributed by atoms with van der Waals surface area (Å²) in [6.45, 7) is 10.5. The zero-order valence-corrected chi connectivity index (χ0v) is 32.2. The summed E-state index contributed by atoms with van der Waals surface area (Å²) in [5.74, 6) is -0.544. The summed E-state index contributed by atoms with van der Waals surface area (Å²) < 4.78 is 9.99. The highest BCUT2D eigenvalue weighted by Crippen LogP contribution is 2.45. The first-order valence-electron chi connectivity index (χ1n) is 18.3. The van der Waals surface area contributed by atoms with Gasteiger partial charge < -0.3 is 24.3 Å². The summed E-state index contributed by atoms with van der Waals surface area (Å²) in [5, 5.41) is 0. The van der Waals surface area contributed by atoms with E-state index in [0.717, 1.165) is 104 Å². The van der Waals surface area contributed by atoms with E-state index in [1.54, 1.807) is 19.0 Å². The summed E-state index contributed by atoms with van der Waals surface area (Å²) in [6, 6.07) is 10.3. The number of aryl methyl sites for hydroxylation is 3. The second-order valence-corrected chi connectivity index (χ2v) is 14.4. The Morgan fingerprint density at radius 1 is 0.827 bits per heavy atom. The number of aromatic amines is 2. The van der Waals surface area contributed by atoms with Crippen molar-refractivity contribution in [1.82, 2.24) is 24.8 Å². The largest absolute Gasteiger partial charge is 0.469 e. The average Bonchev–Trinajstić information content (AvgIpc) is 3.78. The van der Waals surface area contributed by atoms with E-state index in [0.29, 0.717) is 12.8 Å². The highest BCUT2D eigenvalue weighted by Gasteiger charge is 2.40. The molecular weight excluding hydrogens is 654 g/mol. The molecule has 0 fully saturated rings. The van der Waals surface area contributed by atoms with Gasteiger partial charge in [0.25, 0.3) is 0 Å². The lowest BCUT2D eigenvalue weighted by molar-refractivity contribution is -0.141. The Kier molecular flexibility index (Phi) is 11.9. The molecule has 2 N–H and O–H groups in total. The standard InChI is InChI=1S/C42H53N5O5/c1-10-11-12-13-14-31-37-22-34-27(4)30(16-18-41(50)52-9)36(45-34)23-35-29(15-17-40(49)51-8)26(3)33(44-35)21-32-25(2)19-28(43-32)20-38(46-37)42(31,5)24-39(48)47(6)7/h14,19-23,43,45H,10-13,15-18,24H2,1-9H3/b28-20?,31-14+,32-21?,33-21?,34-22?,35-23?,36-23?,37-22?,38-20?/t42-/m1/s1. The number of allylic oxidation sites excluding steroid dienone is 4. The Bertz CT molecular complexity index is 2100. The molecule has 2 aliphatic heterocycles. The lowest BCUT2D eigenvalue weighted by Crippen LogP contribution is -2.31. The molecule has 0 saturated carbocycles. The van der Waals surface area contributed by atoms with Gasteiger partial charge in [0.1, 0.15) is 0 Å². The lowest BCUT2D eigenvalue weighted by atomic mass is 9.76. The number of nitrogens with one attached hydrogen (secondary N) is 2. The van der Waals surface area contributed by atoms with Crippen LogP contribution in [0.5, 0.6) is 0 Å². The minimum atomic E-state index is -0.674. The number of aromatic nitrogens is 4. The molecular formula is C42H53N5O5. The smallest absolute Gasteiger partial charge is 0.305 e. The second-order valence-electron chi connectivity index (χ2n) is 14.4. The second kappa shape index (κ2) is 16.1. The van der Waals surface area contributed by atoms with Gasteiger partial charge in [-0.25, -0.2) is 4.98 Å². The molecule has 0 spiro atoms. The molecule has 3 aromatic rings. The van der Waals surface area contributed by atoms with Crippen molar-refractivity contribution in [3.63, 3.8) is 0 Å². The zero-order valence-electron chi connectivity index (χ0n) is 32.2. The van der Waals surface area contributed by atoms with Crippen molar-refractivity contribution in [2.24, 2.45) is 0 Å². The third kappa shape index (κ3) is 8.06. The summed E-state index contributed by atoms with van der Waals surface area (Å²) in [6.07, 6.45) is 8.07. The molecule has 0 unspecified atom stereocenters. The highest BCUT2D eigenvalue weighted by atomic mass is 16.5. The van der Waals surface area contributed by atoms with Crippen LogP contribution in [0.25, 0.3) is 38.8 Å². The van der Waals surface area contributed by atoms with Gasteiger partial charge in [0.05, 0.1) is 37.0 Å². The van der Waals surface area contributed by atoms with Crippen LogP contribution in [0.2, 0.25) is 0 Å². The zero-order chi connectivity index (χ0) is 37.7. The molecule has 0 radical (unpaired) electrons. The molecule has 10 nitrogen and oxygen atoms in total. The molecule has 1 amide bonds. The normalized spacial score (nSPS) is 16.4. The number of methoxy groups -OCH3 is 2. The first kappa shape index (κ1) is 38.2. The number of nitrogens with zero attached hydrogens (tertiary/aromatic N) is 3. The topological polar surface area (TPSA) is 130 Å². The quantitative estimate of drug-likeness (QED) is 0.143. The molecule has 8 bridgehead atoms. The molecule has 2 aliphatic rings. The fourth-order valence-electron chi connectivity index (χ4n) is 7.17. The van der Waals surface area contributed by atoms with Crippen LogP contribution in [-0.4, -0.2) is 71.0 Å². The number of amides is 1. The van der Waals surface area contributed by atoms with Crippen molar-refractivity contribution in [1.29, 1.82) is 0 Å². The molecule has 1 atom stereocenters. The Balaban J connectivity index is 1.88. The molecule has 10 heteroatoms. The number of esters is 2. The van der Waals surface area contributed by atoms with Crippen LogP contribution in [0.4, 0.5) is 0 Å². The summed E-state index contributed by atoms with van der Waals surface area (Å²) >= 11 is 0. The first-order valence-corrected chi connectivity index (χ1v) is 18.3. The number of hydrogen-bond donors (Lipinski definition) is 2. The summed E-state index contributed by atoms with van der Waals surface area (Å²) in [5.41, 5.74) is 12.0. The molecule has 276 valence electrons. The van der Waals surface area contributed by atoms with Crippen LogP contribution in [0.15, 0.2) is 36.4 Å². The van der Waals surface area contributed by atoms with Gasteiger partial charge >= 0.3 is 11.9 Å². The van der Waals surface area contributed by atoms with Crippen LogP contribution in [0.1, 0.15) is 112 Å². The van der Waals surface area contributed by atoms with Crippen LogP contribution >= 0.6 is 0 Å². The molecule has 0 saturated heterocycles. The van der Waals surface area contributed by atoms with E-state index in [2.05, 4.69) is 61.9 Å². The van der Waals surface area contributed by atoms with Gasteiger partial charge in [0.15, 0.2) is 0 Å². The number of fused-ring (bicyclic) bond motifs is 8. The fourth-order valence-corrected chi connectivity index (χ4v) is 7.17. The number of unbranched alkanes of at least 4 members (excludes halogenated alkanes) is 3. The maximum atomic E-state index is 13.5. The van der Waals surface area contributed by atoms with Crippen molar-refractivity contribution in [2.75, 3.05) is 28.3 Å². The van der Waals surface area contributed by atoms with E-state index in [1.807, 2.05) is 19.1 Å². The minimum Gasteiger partial charge on any atom is -0.469 e. The number of hydrogen-bond acceptors (Lipinski definition) is 7. The summed E-state index contributed by atoms with van der Waals surface area (Å²) in [4.78, 5) is 57.4. The van der Waals surface area contributed by atoms with Crippen molar-refractivity contribution in [3.8, 4) is 0 Å². The van der Waals surface area contributed by atoms with E-state index in [1.165, 1.54) is 14.2 Å². The molecule has 52 heavy (non-hydrogen) atoms. The lowest BCUT2D eigenvalue weighted by Gasteiger charge is -2.27. The third-order valence-electron chi connectivity index (χ3n) is 10.5. The molecule has 0 aliphatic carbocycles. The number of rotatable bonds is 12. The Morgan fingerprint density at radius 2 is 1.50 bits per heavy atom. The predicted molar refractivity (Wildman–Crippen MR) is 207 cm³/mol. The predicted octanol–water partition coefficient (Wildman–Crippen LogP) is 8.32. The van der Waals surface area contributed by atoms with Gasteiger partial charge in [0, 0.05) is 60.8 Å². The van der Waals surface area contributed by atoms with Crippen molar-refractivity contribution in [3.05, 3.63) is 75.9 Å². The van der Waals surface area contributed by atoms with Gasteiger partial charge in [0.2, 0.25) is 5.91 Å². The maximum absolute atomic E-state index is 13.5. The average molecular weight is 708 g/mol. The Labute approximate surface area is 306 Å². The van der Waals surface area contributed by atoms with E-state index >= 15 is 0 Å². The monoisotopic (exact) mass is 707 g/mol. The molecule has 3 aromatic heterocycles. The first-order chi connectivity index (χ1) is 24.8. The van der Waals surface area contributed by atoms with Crippen LogP contribution in [-0.2, 0) is 35.7 Å². The van der Waals surface area contributed by atoms with Gasteiger partial charge in [-0.3, -0.25) is 19.4 Å². The van der Waals surface area contributed by atoms with E-state index in [4.69, 9.17) is 19.4 Å². The van der Waals surface area contributed by atoms with Gasteiger partial charge in [-0.2, -0.15) is 0 Å².